The van der Waals surface area contributed by atoms with Crippen LogP contribution in [0.2, 0.25) is 0 Å². The van der Waals surface area contributed by atoms with Gasteiger partial charge in [0.15, 0.2) is 0 Å². The SMILES string of the molecule is CCC(C=O)(CC)CN(C)Cc1cccc(Br)c1. The Bertz CT molecular complexity index is 388. The van der Waals surface area contributed by atoms with Gasteiger partial charge >= 0.3 is 0 Å². The third-order valence-electron chi connectivity index (χ3n) is 3.58. The van der Waals surface area contributed by atoms with Crippen LogP contribution in [0.5, 0.6) is 0 Å². The molecule has 2 nitrogen and oxygen atoms in total. The second-order valence-corrected chi connectivity index (χ2v) is 5.91. The molecule has 18 heavy (non-hydrogen) atoms. The van der Waals surface area contributed by atoms with Crippen LogP contribution in [0.1, 0.15) is 32.3 Å². The van der Waals surface area contributed by atoms with Gasteiger partial charge in [-0.2, -0.15) is 0 Å². The van der Waals surface area contributed by atoms with Crippen molar-refractivity contribution in [1.82, 2.24) is 4.90 Å². The largest absolute Gasteiger partial charge is 0.303 e. The molecule has 0 unspecified atom stereocenters. The van der Waals surface area contributed by atoms with Gasteiger partial charge in [-0.25, -0.2) is 0 Å². The van der Waals surface area contributed by atoms with E-state index in [-0.39, 0.29) is 5.41 Å². The van der Waals surface area contributed by atoms with E-state index in [2.05, 4.69) is 53.9 Å². The molecule has 1 aromatic carbocycles. The number of hydrogen-bond acceptors (Lipinski definition) is 2. The highest BCUT2D eigenvalue weighted by molar-refractivity contribution is 9.10. The van der Waals surface area contributed by atoms with Gasteiger partial charge in [0.2, 0.25) is 0 Å². The molecular formula is C15H22BrNO. The minimum atomic E-state index is -0.194. The summed E-state index contributed by atoms with van der Waals surface area (Å²) in [6.45, 7) is 5.86. The Morgan fingerprint density at radius 1 is 1.33 bits per heavy atom. The van der Waals surface area contributed by atoms with E-state index >= 15 is 0 Å². The van der Waals surface area contributed by atoms with E-state index in [9.17, 15) is 4.79 Å². The van der Waals surface area contributed by atoms with E-state index in [1.807, 2.05) is 12.1 Å². The Morgan fingerprint density at radius 2 is 2.00 bits per heavy atom. The summed E-state index contributed by atoms with van der Waals surface area (Å²) in [4.78, 5) is 13.5. The number of nitrogens with zero attached hydrogens (tertiary/aromatic N) is 1. The normalized spacial score (nSPS) is 11.8. The highest BCUT2D eigenvalue weighted by Gasteiger charge is 2.26. The van der Waals surface area contributed by atoms with Crippen LogP contribution in [0.4, 0.5) is 0 Å². The smallest absolute Gasteiger partial charge is 0.127 e. The lowest BCUT2D eigenvalue weighted by Crippen LogP contribution is -2.35. The molecule has 0 aliphatic heterocycles. The average Bonchev–Trinajstić information content (AvgIpc) is 2.36. The van der Waals surface area contributed by atoms with E-state index in [1.165, 1.54) is 5.56 Å². The van der Waals surface area contributed by atoms with Gasteiger partial charge in [-0.15, -0.1) is 0 Å². The van der Waals surface area contributed by atoms with Crippen LogP contribution in [-0.2, 0) is 11.3 Å². The number of halogens is 1. The predicted octanol–water partition coefficient (Wildman–Crippen LogP) is 3.89. The maximum absolute atomic E-state index is 11.3. The zero-order valence-electron chi connectivity index (χ0n) is 11.4. The Balaban J connectivity index is 2.66. The van der Waals surface area contributed by atoms with Gasteiger partial charge < -0.3 is 9.69 Å². The molecule has 1 rings (SSSR count). The second-order valence-electron chi connectivity index (χ2n) is 4.99. The first kappa shape index (κ1) is 15.4. The Kier molecular flexibility index (Phi) is 6.03. The summed E-state index contributed by atoms with van der Waals surface area (Å²) in [5.74, 6) is 0. The fourth-order valence-corrected chi connectivity index (χ4v) is 2.66. The molecule has 0 saturated heterocycles. The quantitative estimate of drug-likeness (QED) is 0.712. The maximum Gasteiger partial charge on any atom is 0.127 e. The van der Waals surface area contributed by atoms with Crippen LogP contribution in [-0.4, -0.2) is 24.8 Å². The minimum Gasteiger partial charge on any atom is -0.303 e. The Morgan fingerprint density at radius 3 is 2.50 bits per heavy atom. The Hall–Kier alpha value is -0.670. The van der Waals surface area contributed by atoms with Crippen LogP contribution in [0.25, 0.3) is 0 Å². The first-order chi connectivity index (χ1) is 8.55. The van der Waals surface area contributed by atoms with Crippen LogP contribution in [0.15, 0.2) is 28.7 Å². The zero-order chi connectivity index (χ0) is 13.6. The summed E-state index contributed by atoms with van der Waals surface area (Å²) >= 11 is 3.48. The van der Waals surface area contributed by atoms with Crippen LogP contribution >= 0.6 is 15.9 Å². The molecule has 0 aromatic heterocycles. The first-order valence-corrected chi connectivity index (χ1v) is 7.24. The van der Waals surface area contributed by atoms with Crippen molar-refractivity contribution in [3.63, 3.8) is 0 Å². The maximum atomic E-state index is 11.3. The van der Waals surface area contributed by atoms with Crippen molar-refractivity contribution in [1.29, 1.82) is 0 Å². The van der Waals surface area contributed by atoms with Crippen molar-refractivity contribution in [2.75, 3.05) is 13.6 Å². The third-order valence-corrected chi connectivity index (χ3v) is 4.08. The molecule has 1 aromatic rings. The molecule has 100 valence electrons. The molecule has 0 N–H and O–H groups in total. The summed E-state index contributed by atoms with van der Waals surface area (Å²) in [6.07, 6.45) is 2.93. The van der Waals surface area contributed by atoms with E-state index in [1.54, 1.807) is 0 Å². The topological polar surface area (TPSA) is 20.3 Å². The molecule has 0 amide bonds. The van der Waals surface area contributed by atoms with E-state index in [0.29, 0.717) is 0 Å². The second kappa shape index (κ2) is 7.05. The van der Waals surface area contributed by atoms with Gasteiger partial charge in [-0.05, 0) is 37.6 Å². The number of carbonyl (C=O) groups is 1. The molecule has 0 aliphatic rings. The van der Waals surface area contributed by atoms with Gasteiger partial charge in [-0.3, -0.25) is 0 Å². The Labute approximate surface area is 119 Å². The van der Waals surface area contributed by atoms with E-state index in [4.69, 9.17) is 0 Å². The lowest BCUT2D eigenvalue weighted by Gasteiger charge is -2.30. The summed E-state index contributed by atoms with van der Waals surface area (Å²) < 4.78 is 1.10. The van der Waals surface area contributed by atoms with Crippen molar-refractivity contribution in [3.8, 4) is 0 Å². The number of rotatable bonds is 7. The van der Waals surface area contributed by atoms with Gasteiger partial charge in [0, 0.05) is 23.0 Å². The minimum absolute atomic E-state index is 0.194. The van der Waals surface area contributed by atoms with Gasteiger partial charge in [0.1, 0.15) is 6.29 Å². The summed E-state index contributed by atoms with van der Waals surface area (Å²) in [6, 6.07) is 8.30. The van der Waals surface area contributed by atoms with Crippen molar-refractivity contribution in [2.24, 2.45) is 5.41 Å². The zero-order valence-corrected chi connectivity index (χ0v) is 13.0. The van der Waals surface area contributed by atoms with E-state index < -0.39 is 0 Å². The standard InChI is InChI=1S/C15H22BrNO/c1-4-15(5-2,12-18)11-17(3)10-13-7-6-8-14(16)9-13/h6-9,12H,4-5,10-11H2,1-3H3. The first-order valence-electron chi connectivity index (χ1n) is 6.44. The molecule has 0 saturated carbocycles. The molecule has 0 spiro atoms. The van der Waals surface area contributed by atoms with Gasteiger partial charge in [-0.1, -0.05) is 41.9 Å². The van der Waals surface area contributed by atoms with Crippen LogP contribution < -0.4 is 0 Å². The van der Waals surface area contributed by atoms with Crippen molar-refractivity contribution >= 4 is 22.2 Å². The number of benzene rings is 1. The third kappa shape index (κ3) is 4.21. The van der Waals surface area contributed by atoms with Crippen molar-refractivity contribution in [2.45, 2.75) is 33.2 Å². The molecule has 3 heteroatoms. The van der Waals surface area contributed by atoms with E-state index in [0.717, 1.165) is 36.7 Å². The molecule has 0 heterocycles. The summed E-state index contributed by atoms with van der Waals surface area (Å²) in [7, 11) is 2.07. The molecular weight excluding hydrogens is 290 g/mol. The molecule has 0 radical (unpaired) electrons. The van der Waals surface area contributed by atoms with Crippen LogP contribution in [0, 0.1) is 5.41 Å². The van der Waals surface area contributed by atoms with Gasteiger partial charge in [0.05, 0.1) is 0 Å². The van der Waals surface area contributed by atoms with Crippen molar-refractivity contribution in [3.05, 3.63) is 34.3 Å². The van der Waals surface area contributed by atoms with Crippen LogP contribution in [0.3, 0.4) is 0 Å². The fourth-order valence-electron chi connectivity index (χ4n) is 2.22. The number of aldehydes is 1. The lowest BCUT2D eigenvalue weighted by atomic mass is 9.83. The number of carbonyl (C=O) groups excluding carboxylic acids is 1. The fraction of sp³-hybridized carbons (Fsp3) is 0.533. The summed E-state index contributed by atoms with van der Waals surface area (Å²) in [5.41, 5.74) is 1.07. The average molecular weight is 312 g/mol. The van der Waals surface area contributed by atoms with Crippen molar-refractivity contribution < 1.29 is 4.79 Å². The molecule has 0 fully saturated rings. The molecule has 0 aliphatic carbocycles. The highest BCUT2D eigenvalue weighted by Crippen LogP contribution is 2.25. The number of hydrogen-bond donors (Lipinski definition) is 0. The molecule has 0 bridgehead atoms. The highest BCUT2D eigenvalue weighted by atomic mass is 79.9. The summed E-state index contributed by atoms with van der Waals surface area (Å²) in [5, 5.41) is 0. The molecule has 0 atom stereocenters. The predicted molar refractivity (Wildman–Crippen MR) is 79.6 cm³/mol. The lowest BCUT2D eigenvalue weighted by molar-refractivity contribution is -0.117. The monoisotopic (exact) mass is 311 g/mol. The van der Waals surface area contributed by atoms with Gasteiger partial charge in [0.25, 0.3) is 0 Å².